The van der Waals surface area contributed by atoms with Crippen LogP contribution in [-0.2, 0) is 14.8 Å². The van der Waals surface area contributed by atoms with Crippen molar-refractivity contribution in [1.82, 2.24) is 4.72 Å². The average Bonchev–Trinajstić information content (AvgIpc) is 2.86. The van der Waals surface area contributed by atoms with Gasteiger partial charge in [-0.25, -0.2) is 17.5 Å². The van der Waals surface area contributed by atoms with E-state index in [2.05, 4.69) is 20.7 Å². The topological polar surface area (TPSA) is 81.4 Å². The number of hydrogen-bond acceptors (Lipinski definition) is 4. The molecule has 2 rings (SSSR count). The van der Waals surface area contributed by atoms with Gasteiger partial charge in [-0.05, 0) is 41.4 Å². The van der Waals surface area contributed by atoms with Gasteiger partial charge in [-0.2, -0.15) is 0 Å². The second-order valence-electron chi connectivity index (χ2n) is 4.84. The van der Waals surface area contributed by atoms with Crippen molar-refractivity contribution in [2.45, 2.75) is 24.3 Å². The zero-order chi connectivity index (χ0) is 14.9. The van der Waals surface area contributed by atoms with Crippen molar-refractivity contribution in [3.8, 4) is 0 Å². The fourth-order valence-electron chi connectivity index (χ4n) is 2.10. The van der Waals surface area contributed by atoms with Crippen molar-refractivity contribution in [3.63, 3.8) is 0 Å². The van der Waals surface area contributed by atoms with E-state index < -0.39 is 15.8 Å². The van der Waals surface area contributed by atoms with Gasteiger partial charge in [0.15, 0.2) is 0 Å². The monoisotopic (exact) mass is 366 g/mol. The van der Waals surface area contributed by atoms with Crippen LogP contribution in [0.5, 0.6) is 0 Å². The van der Waals surface area contributed by atoms with Crippen molar-refractivity contribution in [1.29, 1.82) is 0 Å². The van der Waals surface area contributed by atoms with Crippen molar-refractivity contribution in [2.75, 3.05) is 18.9 Å². The number of hydrogen-bond donors (Lipinski definition) is 2. The minimum Gasteiger partial charge on any atom is -0.396 e. The van der Waals surface area contributed by atoms with Crippen LogP contribution >= 0.6 is 15.9 Å². The number of halogens is 2. The van der Waals surface area contributed by atoms with E-state index in [-0.39, 0.29) is 27.0 Å². The second kappa shape index (κ2) is 5.97. The average molecular weight is 367 g/mol. The smallest absolute Gasteiger partial charge is 0.242 e. The highest BCUT2D eigenvalue weighted by atomic mass is 79.9. The minimum absolute atomic E-state index is 0.0674. The Kier molecular flexibility index (Phi) is 4.68. The van der Waals surface area contributed by atoms with Gasteiger partial charge in [0.1, 0.15) is 5.82 Å². The van der Waals surface area contributed by atoms with Crippen molar-refractivity contribution >= 4 is 31.6 Å². The first kappa shape index (κ1) is 15.7. The Morgan fingerprint density at radius 3 is 2.85 bits per heavy atom. The molecule has 8 heteroatoms. The Morgan fingerprint density at radius 1 is 1.55 bits per heavy atom. The molecule has 0 bridgehead atoms. The van der Waals surface area contributed by atoms with E-state index in [1.807, 2.05) is 0 Å². The maximum atomic E-state index is 13.3. The first-order chi connectivity index (χ1) is 9.31. The highest BCUT2D eigenvalue weighted by molar-refractivity contribution is 9.10. The lowest BCUT2D eigenvalue weighted by Crippen LogP contribution is -2.38. The standard InChI is InChI=1S/C12H16BrFN2O3S/c1-7(8-2-3-19-6-8)16-20(17,18)12-5-11(15)10(14)4-9(12)13/h4-5,7-8,16H,2-3,6,15H2,1H3. The van der Waals surface area contributed by atoms with Gasteiger partial charge < -0.3 is 10.5 Å². The molecule has 0 aromatic heterocycles. The molecule has 1 aromatic carbocycles. The Morgan fingerprint density at radius 2 is 2.25 bits per heavy atom. The summed E-state index contributed by atoms with van der Waals surface area (Å²) in [6.07, 6.45) is 0.816. The molecule has 0 saturated carbocycles. The lowest BCUT2D eigenvalue weighted by atomic mass is 10.0. The molecule has 1 heterocycles. The van der Waals surface area contributed by atoms with Crippen LogP contribution in [0.2, 0.25) is 0 Å². The van der Waals surface area contributed by atoms with Crippen molar-refractivity contribution in [2.24, 2.45) is 5.92 Å². The molecular weight excluding hydrogens is 351 g/mol. The Balaban J connectivity index is 2.24. The molecule has 1 saturated heterocycles. The number of benzene rings is 1. The van der Waals surface area contributed by atoms with Gasteiger partial charge in [-0.3, -0.25) is 0 Å². The molecule has 2 atom stereocenters. The maximum absolute atomic E-state index is 13.3. The molecule has 2 unspecified atom stereocenters. The molecule has 1 aliphatic rings. The van der Waals surface area contributed by atoms with E-state index in [0.717, 1.165) is 18.6 Å². The van der Waals surface area contributed by atoms with Crippen LogP contribution in [0.4, 0.5) is 10.1 Å². The molecule has 3 N–H and O–H groups in total. The number of nitrogens with two attached hydrogens (primary N) is 1. The largest absolute Gasteiger partial charge is 0.396 e. The summed E-state index contributed by atoms with van der Waals surface area (Å²) in [5.41, 5.74) is 5.23. The van der Waals surface area contributed by atoms with Gasteiger partial charge in [0.2, 0.25) is 10.0 Å². The van der Waals surface area contributed by atoms with Gasteiger partial charge in [0.25, 0.3) is 0 Å². The summed E-state index contributed by atoms with van der Waals surface area (Å²) in [4.78, 5) is -0.0674. The van der Waals surface area contributed by atoms with Gasteiger partial charge >= 0.3 is 0 Å². The third-order valence-corrected chi connectivity index (χ3v) is 5.87. The second-order valence-corrected chi connectivity index (χ2v) is 7.37. The first-order valence-electron chi connectivity index (χ1n) is 6.16. The number of rotatable bonds is 4. The van der Waals surface area contributed by atoms with Crippen LogP contribution in [0.3, 0.4) is 0 Å². The third-order valence-electron chi connectivity index (χ3n) is 3.35. The summed E-state index contributed by atoms with van der Waals surface area (Å²) < 4.78 is 45.9. The molecular formula is C12H16BrFN2O3S. The molecule has 0 aliphatic carbocycles. The molecule has 5 nitrogen and oxygen atoms in total. The summed E-state index contributed by atoms with van der Waals surface area (Å²) >= 11 is 3.05. The molecule has 20 heavy (non-hydrogen) atoms. The minimum atomic E-state index is -3.77. The van der Waals surface area contributed by atoms with Gasteiger partial charge in [-0.15, -0.1) is 0 Å². The van der Waals surface area contributed by atoms with Gasteiger partial charge in [0.05, 0.1) is 17.2 Å². The first-order valence-corrected chi connectivity index (χ1v) is 8.43. The summed E-state index contributed by atoms with van der Waals surface area (Å²) in [6, 6.07) is 1.90. The SMILES string of the molecule is CC(NS(=O)(=O)c1cc(N)c(F)cc1Br)C1CCOC1. The normalized spacial score (nSPS) is 21.1. The number of nitrogens with one attached hydrogen (secondary N) is 1. The van der Waals surface area contributed by atoms with Crippen molar-refractivity contribution in [3.05, 3.63) is 22.4 Å². The summed E-state index contributed by atoms with van der Waals surface area (Å²) in [5, 5.41) is 0. The van der Waals surface area contributed by atoms with E-state index in [9.17, 15) is 12.8 Å². The lowest BCUT2D eigenvalue weighted by Gasteiger charge is -2.19. The Hall–Kier alpha value is -0.700. The van der Waals surface area contributed by atoms with E-state index in [1.165, 1.54) is 0 Å². The molecule has 0 amide bonds. The molecule has 1 aromatic rings. The number of sulfonamides is 1. The molecule has 0 radical (unpaired) electrons. The summed E-state index contributed by atoms with van der Waals surface area (Å²) in [7, 11) is -3.77. The lowest BCUT2D eigenvalue weighted by molar-refractivity contribution is 0.180. The van der Waals surface area contributed by atoms with Crippen LogP contribution in [0.1, 0.15) is 13.3 Å². The fourth-order valence-corrected chi connectivity index (χ4v) is 4.46. The molecule has 0 spiro atoms. The predicted molar refractivity (Wildman–Crippen MR) is 77.2 cm³/mol. The Labute approximate surface area is 125 Å². The molecule has 1 fully saturated rings. The van der Waals surface area contributed by atoms with Crippen LogP contribution in [-0.4, -0.2) is 27.7 Å². The van der Waals surface area contributed by atoms with E-state index >= 15 is 0 Å². The summed E-state index contributed by atoms with van der Waals surface area (Å²) in [5.74, 6) is -0.519. The zero-order valence-corrected chi connectivity index (χ0v) is 13.3. The molecule has 112 valence electrons. The highest BCUT2D eigenvalue weighted by Gasteiger charge is 2.28. The van der Waals surface area contributed by atoms with Crippen LogP contribution in [0, 0.1) is 11.7 Å². The molecule has 1 aliphatic heterocycles. The third kappa shape index (κ3) is 3.30. The Bertz CT molecular complexity index is 603. The van der Waals surface area contributed by atoms with Crippen molar-refractivity contribution < 1.29 is 17.5 Å². The quantitative estimate of drug-likeness (QED) is 0.797. The number of anilines is 1. The fraction of sp³-hybridized carbons (Fsp3) is 0.500. The van der Waals surface area contributed by atoms with Crippen LogP contribution < -0.4 is 10.5 Å². The van der Waals surface area contributed by atoms with E-state index in [1.54, 1.807) is 6.92 Å². The summed E-state index contributed by atoms with van der Waals surface area (Å²) in [6.45, 7) is 2.97. The van der Waals surface area contributed by atoms with Crippen LogP contribution in [0.15, 0.2) is 21.5 Å². The predicted octanol–water partition coefficient (Wildman–Crippen LogP) is 1.87. The maximum Gasteiger partial charge on any atom is 0.242 e. The van der Waals surface area contributed by atoms with E-state index in [0.29, 0.717) is 13.2 Å². The van der Waals surface area contributed by atoms with Crippen LogP contribution in [0.25, 0.3) is 0 Å². The van der Waals surface area contributed by atoms with E-state index in [4.69, 9.17) is 10.5 Å². The number of nitrogen functional groups attached to an aromatic ring is 1. The zero-order valence-electron chi connectivity index (χ0n) is 10.9. The highest BCUT2D eigenvalue weighted by Crippen LogP contribution is 2.27. The van der Waals surface area contributed by atoms with Gasteiger partial charge in [0, 0.05) is 23.0 Å². The van der Waals surface area contributed by atoms with Gasteiger partial charge in [-0.1, -0.05) is 0 Å². The number of ether oxygens (including phenoxy) is 1.